The van der Waals surface area contributed by atoms with Crippen LogP contribution in [-0.4, -0.2) is 0 Å². The molecule has 0 heterocycles. The van der Waals surface area contributed by atoms with E-state index in [2.05, 4.69) is 15.9 Å². The Morgan fingerprint density at radius 2 is 1.44 bits per heavy atom. The smallest absolute Gasteiger partial charge is 0.0426 e. The first-order valence-electron chi connectivity index (χ1n) is 5.54. The lowest BCUT2D eigenvalue weighted by molar-refractivity contribution is 0.957. The van der Waals surface area contributed by atoms with Crippen LogP contribution in [-0.2, 0) is 12.8 Å². The molecule has 0 spiro atoms. The largest absolute Gasteiger partial charge is 0.398 e. The fourth-order valence-corrected chi connectivity index (χ4v) is 2.85. The lowest BCUT2D eigenvalue weighted by atomic mass is 10.0. The summed E-state index contributed by atoms with van der Waals surface area (Å²) in [5.74, 6) is 0. The van der Waals surface area contributed by atoms with Crippen molar-refractivity contribution in [2.24, 2.45) is 0 Å². The summed E-state index contributed by atoms with van der Waals surface area (Å²) in [7, 11) is 0. The van der Waals surface area contributed by atoms with Crippen LogP contribution in [0.4, 0.5) is 5.69 Å². The van der Waals surface area contributed by atoms with Crippen LogP contribution in [0.1, 0.15) is 11.1 Å². The predicted octanol–water partition coefficient (Wildman–Crippen LogP) is 5.12. The van der Waals surface area contributed by atoms with E-state index in [-0.39, 0.29) is 0 Å². The Balaban J connectivity index is 2.11. The molecule has 0 aliphatic rings. The van der Waals surface area contributed by atoms with Crippen LogP contribution < -0.4 is 5.73 Å². The van der Waals surface area contributed by atoms with Gasteiger partial charge in [0.25, 0.3) is 0 Å². The molecule has 0 unspecified atom stereocenters. The van der Waals surface area contributed by atoms with Crippen molar-refractivity contribution in [3.05, 3.63) is 62.0 Å². The van der Waals surface area contributed by atoms with Gasteiger partial charge in [-0.2, -0.15) is 0 Å². The number of rotatable bonds is 3. The molecule has 0 aliphatic carbocycles. The van der Waals surface area contributed by atoms with E-state index in [0.29, 0.717) is 5.02 Å². The summed E-state index contributed by atoms with van der Waals surface area (Å²) in [4.78, 5) is 0. The van der Waals surface area contributed by atoms with Crippen LogP contribution in [0.25, 0.3) is 0 Å². The highest BCUT2D eigenvalue weighted by Gasteiger charge is 2.04. The van der Waals surface area contributed by atoms with Crippen molar-refractivity contribution < 1.29 is 0 Å². The minimum atomic E-state index is 0.670. The number of hydrogen-bond donors (Lipinski definition) is 1. The van der Waals surface area contributed by atoms with Gasteiger partial charge in [-0.25, -0.2) is 0 Å². The fraction of sp³-hybridized carbons (Fsp3) is 0.143. The average Bonchev–Trinajstić information content (AvgIpc) is 2.30. The molecule has 0 saturated carbocycles. The summed E-state index contributed by atoms with van der Waals surface area (Å²) in [6.45, 7) is 0. The fourth-order valence-electron chi connectivity index (χ4n) is 1.79. The maximum absolute atomic E-state index is 5.93. The van der Waals surface area contributed by atoms with Gasteiger partial charge in [-0.3, -0.25) is 0 Å². The van der Waals surface area contributed by atoms with Gasteiger partial charge in [0.1, 0.15) is 0 Å². The van der Waals surface area contributed by atoms with Crippen molar-refractivity contribution in [3.8, 4) is 0 Å². The molecule has 2 aromatic rings. The first-order valence-corrected chi connectivity index (χ1v) is 7.09. The third-order valence-corrected chi connectivity index (χ3v) is 4.00. The van der Waals surface area contributed by atoms with E-state index in [1.807, 2.05) is 30.3 Å². The van der Waals surface area contributed by atoms with Gasteiger partial charge in [0.05, 0.1) is 0 Å². The van der Waals surface area contributed by atoms with Gasteiger partial charge in [-0.05, 0) is 48.2 Å². The maximum Gasteiger partial charge on any atom is 0.0426 e. The van der Waals surface area contributed by atoms with Gasteiger partial charge in [-0.15, -0.1) is 0 Å². The van der Waals surface area contributed by atoms with E-state index in [9.17, 15) is 0 Å². The number of halogens is 3. The Morgan fingerprint density at radius 3 is 2.06 bits per heavy atom. The maximum atomic E-state index is 5.93. The number of aryl methyl sites for hydroxylation is 2. The van der Waals surface area contributed by atoms with Gasteiger partial charge < -0.3 is 5.73 Å². The molecule has 0 atom stereocenters. The molecule has 1 nitrogen and oxygen atoms in total. The van der Waals surface area contributed by atoms with Crippen molar-refractivity contribution in [1.82, 2.24) is 0 Å². The zero-order valence-corrected chi connectivity index (χ0v) is 12.7. The highest BCUT2D eigenvalue weighted by Crippen LogP contribution is 2.24. The summed E-state index contributed by atoms with van der Waals surface area (Å²) in [5, 5.41) is 1.40. The number of nitrogen functional groups attached to an aromatic ring is 1. The summed E-state index contributed by atoms with van der Waals surface area (Å²) >= 11 is 15.3. The lowest BCUT2D eigenvalue weighted by Crippen LogP contribution is -1.97. The van der Waals surface area contributed by atoms with Crippen LogP contribution in [0.3, 0.4) is 0 Å². The molecular formula is C14H12BrCl2N. The molecule has 4 heteroatoms. The Kier molecular flexibility index (Phi) is 4.55. The number of hydrogen-bond acceptors (Lipinski definition) is 1. The van der Waals surface area contributed by atoms with Crippen molar-refractivity contribution in [2.45, 2.75) is 12.8 Å². The third-order valence-electron chi connectivity index (χ3n) is 2.79. The second-order valence-electron chi connectivity index (χ2n) is 4.08. The van der Waals surface area contributed by atoms with Gasteiger partial charge >= 0.3 is 0 Å². The second-order valence-corrected chi connectivity index (χ2v) is 5.81. The van der Waals surface area contributed by atoms with Gasteiger partial charge in [-0.1, -0.05) is 51.3 Å². The number of anilines is 1. The molecule has 0 saturated heterocycles. The molecular weight excluding hydrogens is 333 g/mol. The topological polar surface area (TPSA) is 26.0 Å². The quantitative estimate of drug-likeness (QED) is 0.768. The molecule has 2 aromatic carbocycles. The predicted molar refractivity (Wildman–Crippen MR) is 82.4 cm³/mol. The molecule has 94 valence electrons. The van der Waals surface area contributed by atoms with E-state index in [0.717, 1.165) is 33.6 Å². The molecule has 0 aromatic heterocycles. The van der Waals surface area contributed by atoms with E-state index >= 15 is 0 Å². The van der Waals surface area contributed by atoms with Crippen LogP contribution in [0.15, 0.2) is 40.9 Å². The van der Waals surface area contributed by atoms with E-state index in [4.69, 9.17) is 28.9 Å². The van der Waals surface area contributed by atoms with Crippen LogP contribution in [0.5, 0.6) is 0 Å². The molecule has 2 N–H and O–H groups in total. The van der Waals surface area contributed by atoms with Crippen molar-refractivity contribution >= 4 is 44.8 Å². The number of nitrogens with two attached hydrogens (primary N) is 1. The monoisotopic (exact) mass is 343 g/mol. The molecule has 0 aliphatic heterocycles. The molecule has 0 amide bonds. The van der Waals surface area contributed by atoms with Crippen molar-refractivity contribution in [1.29, 1.82) is 0 Å². The first kappa shape index (κ1) is 13.7. The Labute approximate surface area is 125 Å². The highest BCUT2D eigenvalue weighted by molar-refractivity contribution is 9.10. The highest BCUT2D eigenvalue weighted by atomic mass is 79.9. The van der Waals surface area contributed by atoms with Crippen LogP contribution >= 0.6 is 39.1 Å². The number of benzene rings is 2. The zero-order valence-electron chi connectivity index (χ0n) is 9.59. The molecule has 0 bridgehead atoms. The van der Waals surface area contributed by atoms with E-state index < -0.39 is 0 Å². The van der Waals surface area contributed by atoms with E-state index in [1.165, 1.54) is 5.56 Å². The molecule has 2 rings (SSSR count). The first-order chi connectivity index (χ1) is 8.56. The Bertz CT molecular complexity index is 518. The second kappa shape index (κ2) is 5.96. The molecule has 0 fully saturated rings. The standard InChI is InChI=1S/C14H12BrCl2N/c15-13-7-11(16)5-3-9(13)1-2-10-4-6-12(17)8-14(10)18/h3-8H,1-2,18H2. The van der Waals surface area contributed by atoms with Gasteiger partial charge in [0.15, 0.2) is 0 Å². The van der Waals surface area contributed by atoms with Crippen LogP contribution in [0, 0.1) is 0 Å². The molecule has 18 heavy (non-hydrogen) atoms. The van der Waals surface area contributed by atoms with Crippen LogP contribution in [0.2, 0.25) is 10.0 Å². The van der Waals surface area contributed by atoms with Crippen molar-refractivity contribution in [2.75, 3.05) is 5.73 Å². The summed E-state index contributed by atoms with van der Waals surface area (Å²) in [6, 6.07) is 11.5. The van der Waals surface area contributed by atoms with Gasteiger partial charge in [0, 0.05) is 20.2 Å². The summed E-state index contributed by atoms with van der Waals surface area (Å²) < 4.78 is 1.03. The zero-order chi connectivity index (χ0) is 13.1. The average molecular weight is 345 g/mol. The summed E-state index contributed by atoms with van der Waals surface area (Å²) in [6.07, 6.45) is 1.78. The SMILES string of the molecule is Nc1cc(Cl)ccc1CCc1ccc(Cl)cc1Br. The Hall–Kier alpha value is -0.700. The normalized spacial score (nSPS) is 10.6. The summed E-state index contributed by atoms with van der Waals surface area (Å²) in [5.41, 5.74) is 9.00. The minimum absolute atomic E-state index is 0.670. The van der Waals surface area contributed by atoms with E-state index in [1.54, 1.807) is 6.07 Å². The minimum Gasteiger partial charge on any atom is -0.398 e. The lowest BCUT2D eigenvalue weighted by Gasteiger charge is -2.08. The Morgan fingerprint density at radius 1 is 0.889 bits per heavy atom. The van der Waals surface area contributed by atoms with Crippen molar-refractivity contribution in [3.63, 3.8) is 0 Å². The molecule has 0 radical (unpaired) electrons. The third kappa shape index (κ3) is 3.41. The van der Waals surface area contributed by atoms with Gasteiger partial charge in [0.2, 0.25) is 0 Å².